The average molecular weight is 182 g/mol. The van der Waals surface area contributed by atoms with E-state index in [1.54, 1.807) is 0 Å². The Balaban J connectivity index is 1.90. The monoisotopic (exact) mass is 182 g/mol. The van der Waals surface area contributed by atoms with Crippen molar-refractivity contribution in [2.45, 2.75) is 31.3 Å². The third-order valence-electron chi connectivity index (χ3n) is 3.27. The Morgan fingerprint density at radius 2 is 2.08 bits per heavy atom. The van der Waals surface area contributed by atoms with Crippen molar-refractivity contribution in [3.63, 3.8) is 0 Å². The molecule has 3 unspecified atom stereocenters. The molecule has 2 fully saturated rings. The van der Waals surface area contributed by atoms with E-state index in [0.717, 1.165) is 6.42 Å². The second-order valence-electron chi connectivity index (χ2n) is 4.08. The molecule has 0 amide bonds. The van der Waals surface area contributed by atoms with Crippen LogP contribution in [0.4, 0.5) is 0 Å². The highest BCUT2D eigenvalue weighted by molar-refractivity contribution is 5.21. The summed E-state index contributed by atoms with van der Waals surface area (Å²) in [7, 11) is 0. The molecule has 3 nitrogen and oxygen atoms in total. The van der Waals surface area contributed by atoms with Gasteiger partial charge in [-0.1, -0.05) is 13.0 Å². The molecule has 3 heterocycles. The van der Waals surface area contributed by atoms with Gasteiger partial charge in [-0.2, -0.15) is 0 Å². The normalized spacial score (nSPS) is 49.3. The molecule has 0 aromatic rings. The van der Waals surface area contributed by atoms with Crippen molar-refractivity contribution < 1.29 is 14.2 Å². The number of ether oxygens (including phenoxy) is 3. The molecule has 0 aromatic heterocycles. The van der Waals surface area contributed by atoms with Crippen LogP contribution in [-0.2, 0) is 14.2 Å². The van der Waals surface area contributed by atoms with Gasteiger partial charge in [-0.15, -0.1) is 0 Å². The topological polar surface area (TPSA) is 27.7 Å². The minimum atomic E-state index is -0.277. The Bertz CT molecular complexity index is 245. The molecule has 3 aliphatic heterocycles. The standard InChI is InChI=1S/C10H14O3/c1-7-6-8-2-3-10(7,13-8)9-11-4-5-12-9/h2-3,7-9H,4-6H2,1H3. The van der Waals surface area contributed by atoms with Gasteiger partial charge < -0.3 is 14.2 Å². The van der Waals surface area contributed by atoms with Gasteiger partial charge in [-0.25, -0.2) is 0 Å². The van der Waals surface area contributed by atoms with Gasteiger partial charge in [0.25, 0.3) is 0 Å². The van der Waals surface area contributed by atoms with Crippen LogP contribution >= 0.6 is 0 Å². The van der Waals surface area contributed by atoms with E-state index in [4.69, 9.17) is 14.2 Å². The lowest BCUT2D eigenvalue weighted by molar-refractivity contribution is -0.175. The Morgan fingerprint density at radius 1 is 1.31 bits per heavy atom. The first-order valence-electron chi connectivity index (χ1n) is 4.92. The molecule has 2 saturated heterocycles. The van der Waals surface area contributed by atoms with E-state index in [0.29, 0.717) is 25.2 Å². The van der Waals surface area contributed by atoms with Crippen LogP contribution in [0.15, 0.2) is 12.2 Å². The summed E-state index contributed by atoms with van der Waals surface area (Å²) < 4.78 is 17.0. The summed E-state index contributed by atoms with van der Waals surface area (Å²) in [4.78, 5) is 0. The molecule has 0 aromatic carbocycles. The summed E-state index contributed by atoms with van der Waals surface area (Å²) in [5.74, 6) is 0.505. The molecule has 0 radical (unpaired) electrons. The molecule has 72 valence electrons. The first-order chi connectivity index (χ1) is 6.31. The van der Waals surface area contributed by atoms with Crippen LogP contribution in [0.3, 0.4) is 0 Å². The van der Waals surface area contributed by atoms with E-state index in [1.165, 1.54) is 0 Å². The quantitative estimate of drug-likeness (QED) is 0.568. The fourth-order valence-corrected chi connectivity index (χ4v) is 2.52. The van der Waals surface area contributed by atoms with Gasteiger partial charge in [-0.05, 0) is 18.4 Å². The van der Waals surface area contributed by atoms with Crippen molar-refractivity contribution in [2.24, 2.45) is 5.92 Å². The molecule has 3 atom stereocenters. The predicted octanol–water partition coefficient (Wildman–Crippen LogP) is 1.09. The minimum Gasteiger partial charge on any atom is -0.358 e. The van der Waals surface area contributed by atoms with Gasteiger partial charge >= 0.3 is 0 Å². The van der Waals surface area contributed by atoms with E-state index in [-0.39, 0.29) is 11.9 Å². The lowest BCUT2D eigenvalue weighted by Gasteiger charge is -2.32. The Hall–Kier alpha value is -0.380. The highest BCUT2D eigenvalue weighted by Crippen LogP contribution is 2.46. The second-order valence-corrected chi connectivity index (χ2v) is 4.08. The smallest absolute Gasteiger partial charge is 0.190 e. The second kappa shape index (κ2) is 2.56. The Labute approximate surface area is 77.7 Å². The van der Waals surface area contributed by atoms with Crippen molar-refractivity contribution in [2.75, 3.05) is 13.2 Å². The van der Waals surface area contributed by atoms with Crippen molar-refractivity contribution in [3.05, 3.63) is 12.2 Å². The number of rotatable bonds is 1. The molecule has 0 aliphatic carbocycles. The van der Waals surface area contributed by atoms with E-state index in [9.17, 15) is 0 Å². The molecule has 0 N–H and O–H groups in total. The maximum absolute atomic E-state index is 5.89. The van der Waals surface area contributed by atoms with Crippen LogP contribution in [0.5, 0.6) is 0 Å². The van der Waals surface area contributed by atoms with Gasteiger partial charge in [-0.3, -0.25) is 0 Å². The fourth-order valence-electron chi connectivity index (χ4n) is 2.52. The van der Waals surface area contributed by atoms with Gasteiger partial charge in [0.1, 0.15) is 5.60 Å². The molecule has 3 heteroatoms. The van der Waals surface area contributed by atoms with Gasteiger partial charge in [0.2, 0.25) is 0 Å². The Kier molecular flexibility index (Phi) is 1.57. The van der Waals surface area contributed by atoms with E-state index in [2.05, 4.69) is 19.1 Å². The summed E-state index contributed by atoms with van der Waals surface area (Å²) in [5.41, 5.74) is -0.277. The van der Waals surface area contributed by atoms with E-state index < -0.39 is 0 Å². The van der Waals surface area contributed by atoms with Crippen molar-refractivity contribution in [1.29, 1.82) is 0 Å². The average Bonchev–Trinajstić information content (AvgIpc) is 2.76. The highest BCUT2D eigenvalue weighted by Gasteiger charge is 2.55. The van der Waals surface area contributed by atoms with Crippen LogP contribution < -0.4 is 0 Å². The maximum atomic E-state index is 5.89. The molecule has 3 aliphatic rings. The van der Waals surface area contributed by atoms with Crippen LogP contribution in [0.2, 0.25) is 0 Å². The van der Waals surface area contributed by atoms with Gasteiger partial charge in [0.15, 0.2) is 6.29 Å². The van der Waals surface area contributed by atoms with Gasteiger partial charge in [0.05, 0.1) is 19.3 Å². The SMILES string of the molecule is CC1CC2C=CC1(C1OCCO1)O2. The largest absolute Gasteiger partial charge is 0.358 e. The fraction of sp³-hybridized carbons (Fsp3) is 0.800. The van der Waals surface area contributed by atoms with Crippen LogP contribution in [0.1, 0.15) is 13.3 Å². The van der Waals surface area contributed by atoms with Crippen LogP contribution in [0.25, 0.3) is 0 Å². The third-order valence-corrected chi connectivity index (χ3v) is 3.27. The molecule has 13 heavy (non-hydrogen) atoms. The summed E-state index contributed by atoms with van der Waals surface area (Å²) >= 11 is 0. The Morgan fingerprint density at radius 3 is 2.62 bits per heavy atom. The van der Waals surface area contributed by atoms with Crippen molar-refractivity contribution >= 4 is 0 Å². The van der Waals surface area contributed by atoms with Crippen molar-refractivity contribution in [3.8, 4) is 0 Å². The molecular weight excluding hydrogens is 168 g/mol. The zero-order valence-electron chi connectivity index (χ0n) is 7.73. The summed E-state index contributed by atoms with van der Waals surface area (Å²) in [6.07, 6.45) is 5.47. The molecule has 3 rings (SSSR count). The van der Waals surface area contributed by atoms with Crippen molar-refractivity contribution in [1.82, 2.24) is 0 Å². The predicted molar refractivity (Wildman–Crippen MR) is 46.2 cm³/mol. The van der Waals surface area contributed by atoms with E-state index >= 15 is 0 Å². The number of hydrogen-bond acceptors (Lipinski definition) is 3. The first-order valence-corrected chi connectivity index (χ1v) is 4.92. The van der Waals surface area contributed by atoms with Crippen LogP contribution in [0, 0.1) is 5.92 Å². The molecule has 0 spiro atoms. The molecule has 2 bridgehead atoms. The number of hydrogen-bond donors (Lipinski definition) is 0. The van der Waals surface area contributed by atoms with E-state index in [1.807, 2.05) is 0 Å². The molecular formula is C10H14O3. The highest BCUT2D eigenvalue weighted by atomic mass is 16.7. The summed E-state index contributed by atoms with van der Waals surface area (Å²) in [5, 5.41) is 0. The summed E-state index contributed by atoms with van der Waals surface area (Å²) in [6.45, 7) is 3.59. The zero-order chi connectivity index (χ0) is 8.89. The zero-order valence-corrected chi connectivity index (χ0v) is 7.73. The first kappa shape index (κ1) is 7.97. The third kappa shape index (κ3) is 0.951. The lowest BCUT2D eigenvalue weighted by Crippen LogP contribution is -2.44. The van der Waals surface area contributed by atoms with Gasteiger partial charge in [0, 0.05) is 0 Å². The lowest BCUT2D eigenvalue weighted by atomic mass is 9.84. The summed E-state index contributed by atoms with van der Waals surface area (Å²) in [6, 6.07) is 0. The number of fused-ring (bicyclic) bond motifs is 2. The van der Waals surface area contributed by atoms with Crippen LogP contribution in [-0.4, -0.2) is 31.2 Å². The molecule has 0 saturated carbocycles. The maximum Gasteiger partial charge on any atom is 0.190 e. The minimum absolute atomic E-state index is 0.175.